The Labute approximate surface area is 127 Å². The van der Waals surface area contributed by atoms with E-state index in [-0.39, 0.29) is 6.04 Å². The lowest BCUT2D eigenvalue weighted by Crippen LogP contribution is -2.22. The normalized spacial score (nSPS) is 12.6. The molecule has 0 saturated carbocycles. The minimum Gasteiger partial charge on any atom is -0.493 e. The highest BCUT2D eigenvalue weighted by Crippen LogP contribution is 2.30. The van der Waals surface area contributed by atoms with E-state index in [4.69, 9.17) is 4.74 Å². The largest absolute Gasteiger partial charge is 0.493 e. The van der Waals surface area contributed by atoms with Crippen molar-refractivity contribution in [1.82, 2.24) is 15.1 Å². The van der Waals surface area contributed by atoms with E-state index in [1.54, 1.807) is 7.11 Å². The van der Waals surface area contributed by atoms with Gasteiger partial charge in [-0.25, -0.2) is 0 Å². The van der Waals surface area contributed by atoms with E-state index in [0.717, 1.165) is 24.3 Å². The molecule has 0 amide bonds. The Morgan fingerprint density at radius 2 is 1.95 bits per heavy atom. The van der Waals surface area contributed by atoms with Crippen molar-refractivity contribution < 1.29 is 4.74 Å². The first kappa shape index (κ1) is 15.6. The number of rotatable bonds is 7. The zero-order chi connectivity index (χ0) is 15.2. The molecular formula is C17H25N3O. The smallest absolute Gasteiger partial charge is 0.161 e. The molecule has 1 heterocycles. The van der Waals surface area contributed by atoms with Gasteiger partial charge in [0.25, 0.3) is 0 Å². The second-order valence-electron chi connectivity index (χ2n) is 5.50. The number of methoxy groups -OCH3 is 1. The lowest BCUT2D eigenvalue weighted by atomic mass is 10.0. The van der Waals surface area contributed by atoms with Crippen molar-refractivity contribution in [3.63, 3.8) is 0 Å². The van der Waals surface area contributed by atoms with Crippen molar-refractivity contribution in [1.29, 1.82) is 0 Å². The molecule has 4 heteroatoms. The Kier molecular flexibility index (Phi) is 5.39. The summed E-state index contributed by atoms with van der Waals surface area (Å²) >= 11 is 0. The second-order valence-corrected chi connectivity index (χ2v) is 5.50. The lowest BCUT2D eigenvalue weighted by molar-refractivity contribution is 0.383. The van der Waals surface area contributed by atoms with Gasteiger partial charge in [0.05, 0.1) is 25.0 Å². The number of nitrogens with zero attached hydrogens (tertiary/aromatic N) is 2. The van der Waals surface area contributed by atoms with Gasteiger partial charge in [-0.15, -0.1) is 0 Å². The first-order chi connectivity index (χ1) is 10.2. The molecule has 21 heavy (non-hydrogen) atoms. The summed E-state index contributed by atoms with van der Waals surface area (Å²) in [5.74, 6) is 0.858. The number of benzene rings is 1. The molecular weight excluding hydrogens is 262 g/mol. The van der Waals surface area contributed by atoms with Crippen molar-refractivity contribution >= 4 is 0 Å². The van der Waals surface area contributed by atoms with Gasteiger partial charge in [-0.3, -0.25) is 4.68 Å². The molecule has 2 rings (SSSR count). The average Bonchev–Trinajstić information content (AvgIpc) is 2.93. The van der Waals surface area contributed by atoms with E-state index < -0.39 is 0 Å². The second kappa shape index (κ2) is 7.27. The summed E-state index contributed by atoms with van der Waals surface area (Å²) in [6, 6.07) is 11.1. The van der Waals surface area contributed by atoms with Crippen LogP contribution in [0.15, 0.2) is 36.5 Å². The van der Waals surface area contributed by atoms with Crippen molar-refractivity contribution in [3.05, 3.63) is 47.8 Å². The van der Waals surface area contributed by atoms with Crippen molar-refractivity contribution in [2.24, 2.45) is 0 Å². The van der Waals surface area contributed by atoms with Gasteiger partial charge in [0.1, 0.15) is 0 Å². The lowest BCUT2D eigenvalue weighted by Gasteiger charge is -2.21. The number of hydrogen-bond acceptors (Lipinski definition) is 3. The number of ether oxygens (including phenoxy) is 1. The molecule has 1 aromatic heterocycles. The molecule has 1 N–H and O–H groups in total. The van der Waals surface area contributed by atoms with Gasteiger partial charge in [0.15, 0.2) is 5.75 Å². The van der Waals surface area contributed by atoms with Crippen molar-refractivity contribution in [2.75, 3.05) is 14.2 Å². The van der Waals surface area contributed by atoms with E-state index in [9.17, 15) is 0 Å². The Hall–Kier alpha value is -1.81. The van der Waals surface area contributed by atoms with Gasteiger partial charge in [0, 0.05) is 6.04 Å². The van der Waals surface area contributed by atoms with Gasteiger partial charge in [-0.1, -0.05) is 30.3 Å². The molecule has 0 aliphatic carbocycles. The van der Waals surface area contributed by atoms with Crippen LogP contribution in [0.3, 0.4) is 0 Å². The topological polar surface area (TPSA) is 39.1 Å². The fourth-order valence-electron chi connectivity index (χ4n) is 2.63. The summed E-state index contributed by atoms with van der Waals surface area (Å²) in [5.41, 5.74) is 2.48. The highest BCUT2D eigenvalue weighted by Gasteiger charge is 2.21. The Morgan fingerprint density at radius 1 is 1.24 bits per heavy atom. The zero-order valence-electron chi connectivity index (χ0n) is 13.3. The van der Waals surface area contributed by atoms with Crippen LogP contribution in [0.4, 0.5) is 0 Å². The number of aryl methyl sites for hydroxylation is 1. The van der Waals surface area contributed by atoms with Gasteiger partial charge in [-0.2, -0.15) is 5.10 Å². The summed E-state index contributed by atoms with van der Waals surface area (Å²) in [7, 11) is 3.70. The summed E-state index contributed by atoms with van der Waals surface area (Å²) in [6.45, 7) is 4.28. The molecule has 2 aromatic rings. The minimum atomic E-state index is 0.227. The Morgan fingerprint density at radius 3 is 2.52 bits per heavy atom. The predicted molar refractivity (Wildman–Crippen MR) is 85.7 cm³/mol. The molecule has 0 radical (unpaired) electrons. The van der Waals surface area contributed by atoms with E-state index in [2.05, 4.69) is 54.6 Å². The van der Waals surface area contributed by atoms with Crippen molar-refractivity contribution in [2.45, 2.75) is 38.8 Å². The highest BCUT2D eigenvalue weighted by molar-refractivity contribution is 5.29. The average molecular weight is 287 g/mol. The van der Waals surface area contributed by atoms with E-state index >= 15 is 0 Å². The molecule has 0 saturated heterocycles. The molecule has 1 unspecified atom stereocenters. The maximum atomic E-state index is 5.49. The van der Waals surface area contributed by atoms with Gasteiger partial charge >= 0.3 is 0 Å². The van der Waals surface area contributed by atoms with Crippen LogP contribution < -0.4 is 10.1 Å². The van der Waals surface area contributed by atoms with Crippen molar-refractivity contribution in [3.8, 4) is 5.75 Å². The van der Waals surface area contributed by atoms with E-state index in [1.165, 1.54) is 5.56 Å². The summed E-state index contributed by atoms with van der Waals surface area (Å²) < 4.78 is 7.53. The molecule has 1 aromatic carbocycles. The third kappa shape index (κ3) is 3.64. The molecule has 0 bridgehead atoms. The standard InChI is InChI=1S/C17H25N3O/c1-13(2)20-17(16(21-4)12-19-20)15(18-3)11-10-14-8-6-5-7-9-14/h5-9,12-13,15,18H,10-11H2,1-4H3. The minimum absolute atomic E-state index is 0.227. The SMILES string of the molecule is CNC(CCc1ccccc1)c1c(OC)cnn1C(C)C. The van der Waals surface area contributed by atoms with Crippen LogP contribution in [0.25, 0.3) is 0 Å². The molecule has 0 aliphatic heterocycles. The van der Waals surface area contributed by atoms with Gasteiger partial charge in [0.2, 0.25) is 0 Å². The van der Waals surface area contributed by atoms with Crippen LogP contribution in [-0.4, -0.2) is 23.9 Å². The van der Waals surface area contributed by atoms with Gasteiger partial charge in [-0.05, 0) is 39.3 Å². The first-order valence-electron chi connectivity index (χ1n) is 7.50. The van der Waals surface area contributed by atoms with Gasteiger partial charge < -0.3 is 10.1 Å². The zero-order valence-corrected chi connectivity index (χ0v) is 13.3. The van der Waals surface area contributed by atoms with Crippen LogP contribution in [0.5, 0.6) is 5.75 Å². The van der Waals surface area contributed by atoms with E-state index in [0.29, 0.717) is 6.04 Å². The Balaban J connectivity index is 2.19. The molecule has 1 atom stereocenters. The number of nitrogens with one attached hydrogen (secondary N) is 1. The summed E-state index contributed by atoms with van der Waals surface area (Å²) in [4.78, 5) is 0. The predicted octanol–water partition coefficient (Wildman–Crippen LogP) is 3.37. The third-order valence-electron chi connectivity index (χ3n) is 3.75. The Bertz CT molecular complexity index is 548. The number of hydrogen-bond donors (Lipinski definition) is 1. The van der Waals surface area contributed by atoms with Crippen LogP contribution >= 0.6 is 0 Å². The molecule has 4 nitrogen and oxygen atoms in total. The number of aromatic nitrogens is 2. The monoisotopic (exact) mass is 287 g/mol. The summed E-state index contributed by atoms with van der Waals surface area (Å²) in [5, 5.41) is 7.87. The summed E-state index contributed by atoms with van der Waals surface area (Å²) in [6.07, 6.45) is 3.84. The third-order valence-corrected chi connectivity index (χ3v) is 3.75. The van der Waals surface area contributed by atoms with Crippen LogP contribution in [0.1, 0.15) is 43.6 Å². The molecule has 0 fully saturated rings. The maximum Gasteiger partial charge on any atom is 0.161 e. The fraction of sp³-hybridized carbons (Fsp3) is 0.471. The van der Waals surface area contributed by atoms with Crippen LogP contribution in [0.2, 0.25) is 0 Å². The highest BCUT2D eigenvalue weighted by atomic mass is 16.5. The quantitative estimate of drug-likeness (QED) is 0.848. The fourth-order valence-corrected chi connectivity index (χ4v) is 2.63. The molecule has 114 valence electrons. The van der Waals surface area contributed by atoms with Crippen LogP contribution in [0, 0.1) is 0 Å². The molecule has 0 aliphatic rings. The van der Waals surface area contributed by atoms with Crippen LogP contribution in [-0.2, 0) is 6.42 Å². The molecule has 0 spiro atoms. The maximum absolute atomic E-state index is 5.49. The van der Waals surface area contributed by atoms with E-state index in [1.807, 2.05) is 17.9 Å². The first-order valence-corrected chi connectivity index (χ1v) is 7.50.